The summed E-state index contributed by atoms with van der Waals surface area (Å²) in [5, 5.41) is -0.543. The van der Waals surface area contributed by atoms with E-state index in [0.717, 1.165) is 5.56 Å². The molecular weight excluding hydrogens is 244 g/mol. The zero-order valence-electron chi connectivity index (χ0n) is 9.77. The predicted octanol–water partition coefficient (Wildman–Crippen LogP) is 3.31. The first kappa shape index (κ1) is 13.5. The lowest BCUT2D eigenvalue weighted by Gasteiger charge is -2.09. The van der Waals surface area contributed by atoms with E-state index < -0.39 is 14.3 Å². The van der Waals surface area contributed by atoms with Gasteiger partial charge in [0.05, 0.1) is 5.25 Å². The van der Waals surface area contributed by atoms with Gasteiger partial charge in [0.2, 0.25) is 9.05 Å². The Labute approximate surface area is 102 Å². The fourth-order valence-electron chi connectivity index (χ4n) is 1.47. The smallest absolute Gasteiger partial charge is 0.212 e. The van der Waals surface area contributed by atoms with Crippen LogP contribution < -0.4 is 0 Å². The fraction of sp³-hybridized carbons (Fsp3) is 0.500. The van der Waals surface area contributed by atoms with E-state index in [0.29, 0.717) is 12.3 Å². The molecule has 0 aliphatic carbocycles. The van der Waals surface area contributed by atoms with Gasteiger partial charge in [0, 0.05) is 10.7 Å². The molecular formula is C12H17ClO2S. The topological polar surface area (TPSA) is 34.1 Å². The Morgan fingerprint density at radius 3 is 2.00 bits per heavy atom. The van der Waals surface area contributed by atoms with Crippen LogP contribution in [-0.2, 0) is 15.5 Å². The van der Waals surface area contributed by atoms with Crippen molar-refractivity contribution in [2.24, 2.45) is 0 Å². The van der Waals surface area contributed by atoms with Gasteiger partial charge in [-0.25, -0.2) is 8.42 Å². The van der Waals surface area contributed by atoms with Crippen LogP contribution in [-0.4, -0.2) is 13.7 Å². The van der Waals surface area contributed by atoms with Crippen molar-refractivity contribution < 1.29 is 8.42 Å². The van der Waals surface area contributed by atoms with Crippen molar-refractivity contribution in [3.63, 3.8) is 0 Å². The summed E-state index contributed by atoms with van der Waals surface area (Å²) in [6, 6.07) is 8.00. The molecule has 0 fully saturated rings. The summed E-state index contributed by atoms with van der Waals surface area (Å²) in [5.74, 6) is 0.489. The van der Waals surface area contributed by atoms with Gasteiger partial charge in [-0.3, -0.25) is 0 Å². The zero-order chi connectivity index (χ0) is 12.3. The Morgan fingerprint density at radius 1 is 1.12 bits per heavy atom. The van der Waals surface area contributed by atoms with Gasteiger partial charge in [0.25, 0.3) is 0 Å². The van der Waals surface area contributed by atoms with Gasteiger partial charge in [-0.1, -0.05) is 38.1 Å². The van der Waals surface area contributed by atoms with Gasteiger partial charge < -0.3 is 0 Å². The van der Waals surface area contributed by atoms with E-state index >= 15 is 0 Å². The Morgan fingerprint density at radius 2 is 1.62 bits per heavy atom. The van der Waals surface area contributed by atoms with E-state index in [9.17, 15) is 8.42 Å². The maximum atomic E-state index is 11.1. The van der Waals surface area contributed by atoms with Gasteiger partial charge in [0.15, 0.2) is 0 Å². The summed E-state index contributed by atoms with van der Waals surface area (Å²) in [5.41, 5.74) is 2.26. The molecule has 1 atom stereocenters. The zero-order valence-corrected chi connectivity index (χ0v) is 11.3. The summed E-state index contributed by atoms with van der Waals surface area (Å²) in [4.78, 5) is 0. The molecule has 0 aliphatic heterocycles. The van der Waals surface area contributed by atoms with Gasteiger partial charge >= 0.3 is 0 Å². The molecule has 2 nitrogen and oxygen atoms in total. The second kappa shape index (κ2) is 5.19. The summed E-state index contributed by atoms with van der Waals surface area (Å²) in [6.45, 7) is 5.88. The van der Waals surface area contributed by atoms with Crippen LogP contribution in [0.2, 0.25) is 0 Å². The number of hydrogen-bond donors (Lipinski definition) is 0. The molecule has 0 aromatic heterocycles. The monoisotopic (exact) mass is 260 g/mol. The molecule has 0 aliphatic rings. The van der Waals surface area contributed by atoms with Crippen LogP contribution in [0.3, 0.4) is 0 Å². The van der Waals surface area contributed by atoms with Gasteiger partial charge in [-0.2, -0.15) is 0 Å². The molecule has 16 heavy (non-hydrogen) atoms. The lowest BCUT2D eigenvalue weighted by atomic mass is 10.0. The standard InChI is InChI=1S/C12H17ClO2S/c1-9(2)12-6-4-11(5-7-12)8-10(3)16(13,14)15/h4-7,9-10H,8H2,1-3H3. The molecule has 0 saturated carbocycles. The molecule has 0 amide bonds. The molecule has 1 aromatic carbocycles. The van der Waals surface area contributed by atoms with Crippen LogP contribution in [0.15, 0.2) is 24.3 Å². The molecule has 0 bridgehead atoms. The van der Waals surface area contributed by atoms with Crippen molar-refractivity contribution >= 4 is 19.7 Å². The average molecular weight is 261 g/mol. The molecule has 0 saturated heterocycles. The van der Waals surface area contributed by atoms with E-state index in [1.165, 1.54) is 5.56 Å². The maximum Gasteiger partial charge on any atom is 0.235 e. The maximum absolute atomic E-state index is 11.1. The highest BCUT2D eigenvalue weighted by Crippen LogP contribution is 2.17. The highest BCUT2D eigenvalue weighted by Gasteiger charge is 2.17. The molecule has 0 radical (unpaired) electrons. The molecule has 0 N–H and O–H groups in total. The van der Waals surface area contributed by atoms with E-state index in [2.05, 4.69) is 13.8 Å². The number of hydrogen-bond acceptors (Lipinski definition) is 2. The average Bonchev–Trinajstić information content (AvgIpc) is 2.17. The first-order chi connectivity index (χ1) is 7.30. The lowest BCUT2D eigenvalue weighted by Crippen LogP contribution is -2.14. The Hall–Kier alpha value is -0.540. The third kappa shape index (κ3) is 3.80. The molecule has 0 heterocycles. The third-order valence-corrected chi connectivity index (χ3v) is 4.69. The van der Waals surface area contributed by atoms with E-state index in [-0.39, 0.29) is 0 Å². The van der Waals surface area contributed by atoms with Crippen LogP contribution in [0.25, 0.3) is 0 Å². The van der Waals surface area contributed by atoms with Gasteiger partial charge in [-0.05, 0) is 30.4 Å². The van der Waals surface area contributed by atoms with Crippen LogP contribution in [0.5, 0.6) is 0 Å². The van der Waals surface area contributed by atoms with Crippen LogP contribution in [0.4, 0.5) is 0 Å². The van der Waals surface area contributed by atoms with Crippen LogP contribution in [0.1, 0.15) is 37.8 Å². The lowest BCUT2D eigenvalue weighted by molar-refractivity contribution is 0.597. The highest BCUT2D eigenvalue weighted by molar-refractivity contribution is 8.14. The molecule has 1 unspecified atom stereocenters. The summed E-state index contributed by atoms with van der Waals surface area (Å²) < 4.78 is 22.2. The van der Waals surface area contributed by atoms with Gasteiger partial charge in [0.1, 0.15) is 0 Å². The fourth-order valence-corrected chi connectivity index (χ4v) is 2.05. The van der Waals surface area contributed by atoms with Crippen molar-refractivity contribution in [2.45, 2.75) is 38.4 Å². The van der Waals surface area contributed by atoms with Gasteiger partial charge in [-0.15, -0.1) is 0 Å². The summed E-state index contributed by atoms with van der Waals surface area (Å²) in [6.07, 6.45) is 0.463. The van der Waals surface area contributed by atoms with E-state index in [4.69, 9.17) is 10.7 Å². The largest absolute Gasteiger partial charge is 0.235 e. The highest BCUT2D eigenvalue weighted by atomic mass is 35.7. The predicted molar refractivity (Wildman–Crippen MR) is 68.5 cm³/mol. The Balaban J connectivity index is 2.77. The molecule has 1 rings (SSSR count). The second-order valence-corrected chi connectivity index (χ2v) is 7.43. The first-order valence-corrected chi connectivity index (χ1v) is 7.70. The molecule has 1 aromatic rings. The number of benzene rings is 1. The summed E-state index contributed by atoms with van der Waals surface area (Å²) >= 11 is 0. The molecule has 4 heteroatoms. The van der Waals surface area contributed by atoms with Crippen molar-refractivity contribution in [1.29, 1.82) is 0 Å². The molecule has 0 spiro atoms. The third-order valence-electron chi connectivity index (χ3n) is 2.65. The number of halogens is 1. The second-order valence-electron chi connectivity index (χ2n) is 4.39. The summed E-state index contributed by atoms with van der Waals surface area (Å²) in [7, 11) is 1.83. The van der Waals surface area contributed by atoms with Crippen LogP contribution >= 0.6 is 10.7 Å². The van der Waals surface area contributed by atoms with Crippen molar-refractivity contribution in [2.75, 3.05) is 0 Å². The quantitative estimate of drug-likeness (QED) is 0.779. The van der Waals surface area contributed by atoms with Crippen molar-refractivity contribution in [1.82, 2.24) is 0 Å². The Kier molecular flexibility index (Phi) is 4.39. The SMILES string of the molecule is CC(C)c1ccc(CC(C)S(=O)(=O)Cl)cc1. The van der Waals surface area contributed by atoms with Crippen molar-refractivity contribution in [3.05, 3.63) is 35.4 Å². The van der Waals surface area contributed by atoms with Crippen LogP contribution in [0, 0.1) is 0 Å². The Bertz CT molecular complexity index is 435. The van der Waals surface area contributed by atoms with Crippen molar-refractivity contribution in [3.8, 4) is 0 Å². The first-order valence-electron chi connectivity index (χ1n) is 5.33. The normalized spacial score (nSPS) is 14.1. The minimum atomic E-state index is -3.46. The minimum absolute atomic E-state index is 0.463. The van der Waals surface area contributed by atoms with E-state index in [1.54, 1.807) is 6.92 Å². The number of rotatable bonds is 4. The van der Waals surface area contributed by atoms with E-state index in [1.807, 2.05) is 24.3 Å². The minimum Gasteiger partial charge on any atom is -0.212 e. The molecule has 90 valence electrons.